The summed E-state index contributed by atoms with van der Waals surface area (Å²) in [7, 11) is 0. The number of carboxylic acid groups (broad SMARTS) is 2. The molecule has 0 rings (SSSR count). The van der Waals surface area contributed by atoms with E-state index >= 15 is 0 Å². The van der Waals surface area contributed by atoms with Crippen LogP contribution in [0.25, 0.3) is 0 Å². The molecule has 6 heteroatoms. The fourth-order valence-corrected chi connectivity index (χ4v) is 0.836. The zero-order valence-electron chi connectivity index (χ0n) is 4.78. The van der Waals surface area contributed by atoms with Crippen molar-refractivity contribution in [1.82, 2.24) is 0 Å². The van der Waals surface area contributed by atoms with Gasteiger partial charge in [0.15, 0.2) is 4.71 Å². The van der Waals surface area contributed by atoms with Crippen LogP contribution in [-0.4, -0.2) is 32.6 Å². The molecule has 10 heavy (non-hydrogen) atoms. The molecule has 1 atom stereocenters. The monoisotopic (exact) mass is 184 g/mol. The van der Waals surface area contributed by atoms with Gasteiger partial charge in [0.2, 0.25) is 0 Å². The second kappa shape index (κ2) is 4.40. The first-order chi connectivity index (χ1) is 4.54. The molecule has 0 heterocycles. The minimum atomic E-state index is -1.21. The minimum absolute atomic E-state index is 0.291. The lowest BCUT2D eigenvalue weighted by Gasteiger charge is -1.98. The number of carbonyl (C=O) groups is 2. The lowest BCUT2D eigenvalue weighted by molar-refractivity contribution is -0.135. The lowest BCUT2D eigenvalue weighted by Crippen LogP contribution is -2.11. The van der Waals surface area contributed by atoms with E-state index < -0.39 is 16.6 Å². The highest BCUT2D eigenvalue weighted by atomic mass is 35.5. The SMILES string of the molecule is O=C(O)CSC(Cl)C(=O)O. The molecule has 2 N–H and O–H groups in total. The van der Waals surface area contributed by atoms with Gasteiger partial charge >= 0.3 is 11.9 Å². The maximum atomic E-state index is 9.97. The number of alkyl halides is 1. The van der Waals surface area contributed by atoms with Crippen molar-refractivity contribution in [3.63, 3.8) is 0 Å². The molecule has 58 valence electrons. The Balaban J connectivity index is 3.49. The molecule has 0 aliphatic carbocycles. The summed E-state index contributed by atoms with van der Waals surface area (Å²) in [5.74, 6) is -2.58. The van der Waals surface area contributed by atoms with E-state index in [1.807, 2.05) is 0 Å². The summed E-state index contributed by atoms with van der Waals surface area (Å²) in [6, 6.07) is 0. The largest absolute Gasteiger partial charge is 0.481 e. The van der Waals surface area contributed by atoms with E-state index in [2.05, 4.69) is 0 Å². The number of hydrogen-bond acceptors (Lipinski definition) is 3. The normalized spacial score (nSPS) is 12.5. The molecule has 0 aromatic heterocycles. The smallest absolute Gasteiger partial charge is 0.331 e. The van der Waals surface area contributed by atoms with Gasteiger partial charge in [-0.3, -0.25) is 4.79 Å². The highest BCUT2D eigenvalue weighted by Gasteiger charge is 2.14. The van der Waals surface area contributed by atoms with Crippen molar-refractivity contribution in [3.05, 3.63) is 0 Å². The molecule has 0 aromatic rings. The number of halogens is 1. The number of rotatable bonds is 4. The molecule has 0 spiro atoms. The van der Waals surface area contributed by atoms with Gasteiger partial charge in [-0.15, -0.1) is 11.8 Å². The average Bonchev–Trinajstić information content (AvgIpc) is 1.82. The van der Waals surface area contributed by atoms with E-state index in [9.17, 15) is 9.59 Å². The Labute approximate surface area is 66.2 Å². The van der Waals surface area contributed by atoms with Gasteiger partial charge in [-0.05, 0) is 0 Å². The fraction of sp³-hybridized carbons (Fsp3) is 0.500. The summed E-state index contributed by atoms with van der Waals surface area (Å²) in [6.45, 7) is 0. The summed E-state index contributed by atoms with van der Waals surface area (Å²) in [4.78, 5) is 19.8. The highest BCUT2D eigenvalue weighted by Crippen LogP contribution is 2.14. The molecule has 0 bridgehead atoms. The second-order valence-corrected chi connectivity index (χ2v) is 3.15. The van der Waals surface area contributed by atoms with Crippen LogP contribution in [0.15, 0.2) is 0 Å². The summed E-state index contributed by atoms with van der Waals surface area (Å²) < 4.78 is -1.17. The molecule has 0 aromatic carbocycles. The molecular weight excluding hydrogens is 180 g/mol. The Morgan fingerprint density at radius 2 is 2.00 bits per heavy atom. The summed E-state index contributed by atoms with van der Waals surface area (Å²) in [6.07, 6.45) is 0. The molecule has 4 nitrogen and oxygen atoms in total. The topological polar surface area (TPSA) is 74.6 Å². The Kier molecular flexibility index (Phi) is 4.22. The van der Waals surface area contributed by atoms with Crippen molar-refractivity contribution in [2.24, 2.45) is 0 Å². The van der Waals surface area contributed by atoms with E-state index in [4.69, 9.17) is 21.8 Å². The van der Waals surface area contributed by atoms with Crippen molar-refractivity contribution >= 4 is 35.3 Å². The van der Waals surface area contributed by atoms with E-state index in [0.717, 1.165) is 0 Å². The maximum Gasteiger partial charge on any atom is 0.331 e. The zero-order chi connectivity index (χ0) is 8.15. The third-order valence-electron chi connectivity index (χ3n) is 0.547. The number of thioether (sulfide) groups is 1. The van der Waals surface area contributed by atoms with Gasteiger partial charge in [0, 0.05) is 0 Å². The van der Waals surface area contributed by atoms with E-state index in [0.29, 0.717) is 11.8 Å². The van der Waals surface area contributed by atoms with Crippen LogP contribution in [0.5, 0.6) is 0 Å². The molecule has 1 unspecified atom stereocenters. The van der Waals surface area contributed by atoms with Gasteiger partial charge in [-0.2, -0.15) is 0 Å². The van der Waals surface area contributed by atoms with Crippen molar-refractivity contribution in [1.29, 1.82) is 0 Å². The summed E-state index contributed by atoms with van der Waals surface area (Å²) in [5, 5.41) is 16.2. The fourth-order valence-electron chi connectivity index (χ4n) is 0.216. The van der Waals surface area contributed by atoms with Crippen molar-refractivity contribution in [3.8, 4) is 0 Å². The Morgan fingerprint density at radius 1 is 1.50 bits per heavy atom. The van der Waals surface area contributed by atoms with Gasteiger partial charge in [0.1, 0.15) is 0 Å². The van der Waals surface area contributed by atoms with Crippen LogP contribution < -0.4 is 0 Å². The Hall–Kier alpha value is -0.420. The van der Waals surface area contributed by atoms with Gasteiger partial charge < -0.3 is 10.2 Å². The number of hydrogen-bond donors (Lipinski definition) is 2. The first-order valence-corrected chi connectivity index (χ1v) is 3.73. The van der Waals surface area contributed by atoms with Gasteiger partial charge in [-0.1, -0.05) is 11.6 Å². The summed E-state index contributed by atoms with van der Waals surface area (Å²) >= 11 is 5.82. The van der Waals surface area contributed by atoms with Crippen LogP contribution in [-0.2, 0) is 9.59 Å². The second-order valence-electron chi connectivity index (χ2n) is 1.36. The molecule has 0 saturated carbocycles. The first-order valence-electron chi connectivity index (χ1n) is 2.24. The molecule has 0 fully saturated rings. The Bertz CT molecular complexity index is 148. The maximum absolute atomic E-state index is 9.97. The van der Waals surface area contributed by atoms with E-state index in [1.54, 1.807) is 0 Å². The van der Waals surface area contributed by atoms with Gasteiger partial charge in [-0.25, -0.2) is 4.79 Å². The number of carboxylic acids is 2. The predicted molar refractivity (Wildman–Crippen MR) is 37.4 cm³/mol. The molecule has 0 radical (unpaired) electrons. The predicted octanol–water partition coefficient (Wildman–Crippen LogP) is 0.454. The van der Waals surface area contributed by atoms with Crippen LogP contribution >= 0.6 is 23.4 Å². The van der Waals surface area contributed by atoms with E-state index in [1.165, 1.54) is 0 Å². The summed E-state index contributed by atoms with van der Waals surface area (Å²) in [5.41, 5.74) is 0. The van der Waals surface area contributed by atoms with Crippen LogP contribution in [0, 0.1) is 0 Å². The molecular formula is C4H5ClO4S. The van der Waals surface area contributed by atoms with Gasteiger partial charge in [0.05, 0.1) is 5.75 Å². The number of aliphatic carboxylic acids is 2. The lowest BCUT2D eigenvalue weighted by atomic mass is 10.8. The third kappa shape index (κ3) is 4.46. The molecule has 0 aliphatic heterocycles. The standard InChI is InChI=1S/C4H5ClO4S/c5-3(4(8)9)10-1-2(6)7/h3H,1H2,(H,6,7)(H,8,9). The van der Waals surface area contributed by atoms with Crippen LogP contribution in [0.4, 0.5) is 0 Å². The van der Waals surface area contributed by atoms with Crippen LogP contribution in [0.1, 0.15) is 0 Å². The quantitative estimate of drug-likeness (QED) is 0.621. The van der Waals surface area contributed by atoms with Crippen LogP contribution in [0.2, 0.25) is 0 Å². The molecule has 0 amide bonds. The van der Waals surface area contributed by atoms with Crippen molar-refractivity contribution in [2.45, 2.75) is 4.71 Å². The molecule has 0 aliphatic rings. The van der Waals surface area contributed by atoms with E-state index in [-0.39, 0.29) is 5.75 Å². The first kappa shape index (κ1) is 9.58. The average molecular weight is 185 g/mol. The Morgan fingerprint density at radius 3 is 2.30 bits per heavy atom. The molecule has 0 saturated heterocycles. The van der Waals surface area contributed by atoms with Crippen molar-refractivity contribution in [2.75, 3.05) is 5.75 Å². The third-order valence-corrected chi connectivity index (χ3v) is 2.02. The van der Waals surface area contributed by atoms with Crippen LogP contribution in [0.3, 0.4) is 0 Å². The minimum Gasteiger partial charge on any atom is -0.481 e. The van der Waals surface area contributed by atoms with Crippen molar-refractivity contribution < 1.29 is 19.8 Å². The highest BCUT2D eigenvalue weighted by molar-refractivity contribution is 8.02. The van der Waals surface area contributed by atoms with Gasteiger partial charge in [0.25, 0.3) is 0 Å². The zero-order valence-corrected chi connectivity index (χ0v) is 6.35.